The summed E-state index contributed by atoms with van der Waals surface area (Å²) in [5.74, 6) is 0.701. The van der Waals surface area contributed by atoms with Crippen molar-refractivity contribution in [3.8, 4) is 5.75 Å². The van der Waals surface area contributed by atoms with Crippen molar-refractivity contribution in [1.29, 1.82) is 0 Å². The fourth-order valence-corrected chi connectivity index (χ4v) is 4.57. The van der Waals surface area contributed by atoms with Gasteiger partial charge in [0.25, 0.3) is 0 Å². The van der Waals surface area contributed by atoms with Crippen LogP contribution in [0.15, 0.2) is 48.5 Å². The largest absolute Gasteiger partial charge is 0.494 e. The van der Waals surface area contributed by atoms with Gasteiger partial charge in [0.2, 0.25) is 0 Å². The summed E-state index contributed by atoms with van der Waals surface area (Å²) in [6, 6.07) is 16.1. The van der Waals surface area contributed by atoms with Gasteiger partial charge in [-0.2, -0.15) is 0 Å². The van der Waals surface area contributed by atoms with E-state index in [1.54, 1.807) is 0 Å². The Morgan fingerprint density at radius 1 is 0.974 bits per heavy atom. The second-order valence-electron chi connectivity index (χ2n) is 12.2. The molecule has 0 radical (unpaired) electrons. The normalized spacial score (nSPS) is 19.3. The molecule has 2 aliphatic rings. The topological polar surface area (TPSA) is 66.5 Å². The summed E-state index contributed by atoms with van der Waals surface area (Å²) in [5, 5.41) is 0. The number of amides is 1. The predicted octanol–water partition coefficient (Wildman–Crippen LogP) is 5.48. The highest BCUT2D eigenvalue weighted by atomic mass is 16.7. The lowest BCUT2D eigenvalue weighted by Gasteiger charge is -2.35. The van der Waals surface area contributed by atoms with E-state index < -0.39 is 23.9 Å². The van der Waals surface area contributed by atoms with Gasteiger partial charge in [-0.1, -0.05) is 36.4 Å². The Labute approximate surface area is 227 Å². The molecule has 206 valence electrons. The number of nitrogens with zero attached hydrogens (tertiary/aromatic N) is 1. The fraction of sp³-hybridized carbons (Fsp3) is 0.567. The second-order valence-corrected chi connectivity index (χ2v) is 12.2. The van der Waals surface area contributed by atoms with E-state index in [4.69, 9.17) is 23.5 Å². The van der Waals surface area contributed by atoms with Gasteiger partial charge >= 0.3 is 13.2 Å². The molecule has 2 aliphatic heterocycles. The maximum atomic E-state index is 13.4. The molecule has 0 atom stereocenters. The standard InChI is InChI=1S/C30H42BNO6/c1-28(2,3)36-27(33)32(25-13-15-34-16-14-25)20-23-17-24(31-37-29(4,5)30(6,7)38-31)19-26(18-23)35-21-22-11-9-8-10-12-22/h8-12,17-19,25H,13-16,20-21H2,1-7H3. The van der Waals surface area contributed by atoms with Crippen molar-refractivity contribution in [2.45, 2.75) is 97.3 Å². The van der Waals surface area contributed by atoms with E-state index in [9.17, 15) is 4.79 Å². The molecule has 2 aromatic rings. The van der Waals surface area contributed by atoms with Gasteiger partial charge in [0.1, 0.15) is 18.0 Å². The summed E-state index contributed by atoms with van der Waals surface area (Å²) < 4.78 is 30.3. The van der Waals surface area contributed by atoms with Gasteiger partial charge in [-0.25, -0.2) is 4.79 Å². The van der Waals surface area contributed by atoms with Gasteiger partial charge in [-0.15, -0.1) is 0 Å². The molecule has 8 heteroatoms. The summed E-state index contributed by atoms with van der Waals surface area (Å²) >= 11 is 0. The lowest BCUT2D eigenvalue weighted by atomic mass is 9.78. The van der Waals surface area contributed by atoms with Crippen molar-refractivity contribution in [3.05, 3.63) is 59.7 Å². The van der Waals surface area contributed by atoms with Crippen molar-refractivity contribution in [2.75, 3.05) is 13.2 Å². The van der Waals surface area contributed by atoms with Crippen LogP contribution in [0.5, 0.6) is 5.75 Å². The Bertz CT molecular complexity index is 1080. The molecule has 2 heterocycles. The number of carbonyl (C=O) groups is 1. The van der Waals surface area contributed by atoms with Crippen LogP contribution in [0, 0.1) is 0 Å². The molecule has 7 nitrogen and oxygen atoms in total. The molecule has 0 spiro atoms. The Morgan fingerprint density at radius 3 is 2.21 bits per heavy atom. The average Bonchev–Trinajstić information content (AvgIpc) is 3.08. The van der Waals surface area contributed by atoms with Crippen molar-refractivity contribution < 1.29 is 28.3 Å². The minimum atomic E-state index is -0.588. The molecule has 2 saturated heterocycles. The minimum Gasteiger partial charge on any atom is -0.489 e. The second kappa shape index (κ2) is 11.3. The van der Waals surface area contributed by atoms with E-state index in [1.807, 2.05) is 102 Å². The summed E-state index contributed by atoms with van der Waals surface area (Å²) in [5.41, 5.74) is 1.34. The molecular formula is C30H42BNO6. The van der Waals surface area contributed by atoms with Crippen molar-refractivity contribution in [1.82, 2.24) is 4.90 Å². The van der Waals surface area contributed by atoms with Gasteiger partial charge in [-0.3, -0.25) is 0 Å². The molecule has 2 fully saturated rings. The lowest BCUT2D eigenvalue weighted by Crippen LogP contribution is -2.45. The van der Waals surface area contributed by atoms with Crippen LogP contribution in [0.4, 0.5) is 4.79 Å². The van der Waals surface area contributed by atoms with E-state index in [1.165, 1.54) is 0 Å². The Hall–Kier alpha value is -2.55. The number of ether oxygens (including phenoxy) is 3. The zero-order valence-electron chi connectivity index (χ0n) is 23.9. The molecule has 0 aliphatic carbocycles. The summed E-state index contributed by atoms with van der Waals surface area (Å²) in [4.78, 5) is 15.2. The Morgan fingerprint density at radius 2 is 1.61 bits per heavy atom. The van der Waals surface area contributed by atoms with Crippen LogP contribution in [0.1, 0.15) is 72.4 Å². The summed E-state index contributed by atoms with van der Waals surface area (Å²) in [6.45, 7) is 15.9. The van der Waals surface area contributed by atoms with Crippen LogP contribution in [-0.2, 0) is 31.9 Å². The SMILES string of the molecule is CC(C)(C)OC(=O)N(Cc1cc(OCc2ccccc2)cc(B2OC(C)(C)C(C)(C)O2)c1)C1CCOCC1. The van der Waals surface area contributed by atoms with Crippen LogP contribution in [0.3, 0.4) is 0 Å². The highest BCUT2D eigenvalue weighted by Gasteiger charge is 2.51. The minimum absolute atomic E-state index is 0.0350. The van der Waals surface area contributed by atoms with E-state index in [2.05, 4.69) is 0 Å². The highest BCUT2D eigenvalue weighted by molar-refractivity contribution is 6.62. The van der Waals surface area contributed by atoms with E-state index in [0.29, 0.717) is 32.1 Å². The third kappa shape index (κ3) is 7.10. The number of carbonyl (C=O) groups excluding carboxylic acids is 1. The highest BCUT2D eigenvalue weighted by Crippen LogP contribution is 2.37. The summed E-state index contributed by atoms with van der Waals surface area (Å²) in [6.07, 6.45) is 1.22. The first-order chi connectivity index (χ1) is 17.8. The third-order valence-corrected chi connectivity index (χ3v) is 7.37. The molecule has 0 N–H and O–H groups in total. The van der Waals surface area contributed by atoms with Crippen LogP contribution in [-0.4, -0.2) is 54.2 Å². The molecule has 1 amide bonds. The van der Waals surface area contributed by atoms with Gasteiger partial charge in [-0.05, 0) is 90.0 Å². The first kappa shape index (κ1) is 28.5. The van der Waals surface area contributed by atoms with Crippen molar-refractivity contribution >= 4 is 18.7 Å². The number of hydrogen-bond acceptors (Lipinski definition) is 6. The summed E-state index contributed by atoms with van der Waals surface area (Å²) in [7, 11) is -0.544. The molecule has 4 rings (SSSR count). The quantitative estimate of drug-likeness (QED) is 0.448. The average molecular weight is 523 g/mol. The van der Waals surface area contributed by atoms with Crippen LogP contribution in [0.25, 0.3) is 0 Å². The fourth-order valence-electron chi connectivity index (χ4n) is 4.57. The molecule has 38 heavy (non-hydrogen) atoms. The first-order valence-corrected chi connectivity index (χ1v) is 13.6. The van der Waals surface area contributed by atoms with Crippen LogP contribution < -0.4 is 10.2 Å². The lowest BCUT2D eigenvalue weighted by molar-refractivity contribution is -0.00810. The van der Waals surface area contributed by atoms with E-state index >= 15 is 0 Å². The Kier molecular flexibility index (Phi) is 8.45. The first-order valence-electron chi connectivity index (χ1n) is 13.6. The zero-order chi connectivity index (χ0) is 27.6. The van der Waals surface area contributed by atoms with E-state index in [0.717, 1.165) is 29.4 Å². The van der Waals surface area contributed by atoms with E-state index in [-0.39, 0.29) is 12.1 Å². The molecule has 0 saturated carbocycles. The monoisotopic (exact) mass is 523 g/mol. The molecule has 0 bridgehead atoms. The van der Waals surface area contributed by atoms with Crippen molar-refractivity contribution in [3.63, 3.8) is 0 Å². The zero-order valence-corrected chi connectivity index (χ0v) is 23.9. The van der Waals surface area contributed by atoms with Crippen LogP contribution in [0.2, 0.25) is 0 Å². The van der Waals surface area contributed by atoms with Crippen LogP contribution >= 0.6 is 0 Å². The smallest absolute Gasteiger partial charge is 0.489 e. The predicted molar refractivity (Wildman–Crippen MR) is 149 cm³/mol. The molecule has 0 aromatic heterocycles. The van der Waals surface area contributed by atoms with Gasteiger partial charge in [0.05, 0.1) is 11.2 Å². The maximum Gasteiger partial charge on any atom is 0.494 e. The molecular weight excluding hydrogens is 481 g/mol. The van der Waals surface area contributed by atoms with Crippen molar-refractivity contribution in [2.24, 2.45) is 0 Å². The number of rotatable bonds is 7. The Balaban J connectivity index is 1.64. The number of hydrogen-bond donors (Lipinski definition) is 0. The van der Waals surface area contributed by atoms with Gasteiger partial charge in [0.15, 0.2) is 0 Å². The van der Waals surface area contributed by atoms with Gasteiger partial charge in [0, 0.05) is 25.8 Å². The maximum absolute atomic E-state index is 13.4. The van der Waals surface area contributed by atoms with Gasteiger partial charge < -0.3 is 28.4 Å². The third-order valence-electron chi connectivity index (χ3n) is 7.37. The molecule has 0 unspecified atom stereocenters. The molecule has 2 aromatic carbocycles. The number of benzene rings is 2.